The van der Waals surface area contributed by atoms with Crippen LogP contribution in [0.2, 0.25) is 0 Å². The number of halogens is 1. The number of amides is 1. The minimum absolute atomic E-state index is 0.242. The molecule has 38 heavy (non-hydrogen) atoms. The molecule has 0 aromatic carbocycles. The molecule has 1 amide bonds. The van der Waals surface area contributed by atoms with Gasteiger partial charge in [0, 0.05) is 17.0 Å². The van der Waals surface area contributed by atoms with Crippen molar-refractivity contribution in [2.24, 2.45) is 5.41 Å². The fraction of sp³-hybridized carbons (Fsp3) is 0.643. The van der Waals surface area contributed by atoms with Crippen LogP contribution in [0.1, 0.15) is 78.2 Å². The van der Waals surface area contributed by atoms with Crippen LogP contribution in [0.3, 0.4) is 0 Å². The highest BCUT2D eigenvalue weighted by Gasteiger charge is 2.50. The lowest BCUT2D eigenvalue weighted by Gasteiger charge is -2.53. The molecule has 6 rings (SSSR count). The van der Waals surface area contributed by atoms with Crippen LogP contribution < -0.4 is 10.1 Å². The second kappa shape index (κ2) is 10.6. The maximum Gasteiger partial charge on any atom is 0.408 e. The zero-order valence-corrected chi connectivity index (χ0v) is 22.5. The number of hydrogen-bond acceptors (Lipinski definition) is 8. The smallest absolute Gasteiger partial charge is 0.408 e. The second-order valence-electron chi connectivity index (χ2n) is 12.2. The molecule has 2 aliphatic heterocycles. The lowest BCUT2D eigenvalue weighted by molar-refractivity contribution is -0.191. The summed E-state index contributed by atoms with van der Waals surface area (Å²) >= 11 is 0. The number of aromatic nitrogens is 2. The Labute approximate surface area is 221 Å². The van der Waals surface area contributed by atoms with E-state index >= 15 is 0 Å². The van der Waals surface area contributed by atoms with E-state index in [-0.39, 0.29) is 28.5 Å². The summed E-state index contributed by atoms with van der Waals surface area (Å²) in [5, 5.41) is 3.06. The van der Waals surface area contributed by atoms with Crippen molar-refractivity contribution < 1.29 is 33.0 Å². The third kappa shape index (κ3) is 6.66. The van der Waals surface area contributed by atoms with E-state index in [2.05, 4.69) is 22.2 Å². The molecular formula is C28H36FN3O6. The van der Waals surface area contributed by atoms with Gasteiger partial charge in [0.2, 0.25) is 5.88 Å². The molecule has 2 aliphatic carbocycles. The molecule has 10 heteroatoms. The monoisotopic (exact) mass is 529 g/mol. The number of carbonyl (C=O) groups is 1. The molecular weight excluding hydrogens is 493 g/mol. The molecule has 0 spiro atoms. The summed E-state index contributed by atoms with van der Waals surface area (Å²) in [6, 6.07) is 3.66. The number of ether oxygens (including phenoxy) is 3. The van der Waals surface area contributed by atoms with Gasteiger partial charge in [-0.3, -0.25) is 4.98 Å². The van der Waals surface area contributed by atoms with Crippen molar-refractivity contribution in [3.05, 3.63) is 29.7 Å². The van der Waals surface area contributed by atoms with Crippen LogP contribution in [-0.4, -0.2) is 52.2 Å². The van der Waals surface area contributed by atoms with Gasteiger partial charge in [0.1, 0.15) is 11.4 Å². The van der Waals surface area contributed by atoms with Gasteiger partial charge >= 0.3 is 12.2 Å². The highest BCUT2D eigenvalue weighted by molar-refractivity contribution is 5.78. The van der Waals surface area contributed by atoms with Crippen LogP contribution in [-0.2, 0) is 25.5 Å². The van der Waals surface area contributed by atoms with Crippen molar-refractivity contribution in [3.8, 4) is 5.88 Å². The van der Waals surface area contributed by atoms with Crippen molar-refractivity contribution in [2.45, 2.75) is 95.8 Å². The van der Waals surface area contributed by atoms with Crippen molar-refractivity contribution in [2.75, 3.05) is 13.2 Å². The van der Waals surface area contributed by atoms with Gasteiger partial charge in [-0.05, 0) is 78.2 Å². The Morgan fingerprint density at radius 1 is 1.16 bits per heavy atom. The zero-order valence-electron chi connectivity index (χ0n) is 22.5. The van der Waals surface area contributed by atoms with Gasteiger partial charge in [-0.15, -0.1) is 0 Å². The van der Waals surface area contributed by atoms with Gasteiger partial charge < -0.3 is 19.5 Å². The van der Waals surface area contributed by atoms with E-state index in [1.165, 1.54) is 19.0 Å². The van der Waals surface area contributed by atoms with Crippen molar-refractivity contribution >= 4 is 23.3 Å². The number of rotatable bonds is 7. The molecule has 4 fully saturated rings. The van der Waals surface area contributed by atoms with Gasteiger partial charge in [0.25, 0.3) is 0 Å². The average molecular weight is 530 g/mol. The summed E-state index contributed by atoms with van der Waals surface area (Å²) in [5.41, 5.74) is 0.793. The molecule has 2 bridgehead atoms. The number of nitrogens with zero attached hydrogens (tertiary/aromatic N) is 2. The number of aryl methyl sites for hydroxylation is 1. The minimum Gasteiger partial charge on any atom is -0.477 e. The first-order valence-electron chi connectivity index (χ1n) is 13.1. The Morgan fingerprint density at radius 3 is 2.42 bits per heavy atom. The number of nitrogens with one attached hydrogen (secondary N) is 1. The summed E-state index contributed by atoms with van der Waals surface area (Å²) in [7, 11) is 0. The number of hydrogen-bond donors (Lipinski definition) is 1. The predicted molar refractivity (Wildman–Crippen MR) is 135 cm³/mol. The molecule has 4 heterocycles. The maximum atomic E-state index is 14.9. The lowest BCUT2D eigenvalue weighted by atomic mass is 9.69. The third-order valence-electron chi connectivity index (χ3n) is 7.78. The summed E-state index contributed by atoms with van der Waals surface area (Å²) < 4.78 is 32.6. The van der Waals surface area contributed by atoms with E-state index in [0.29, 0.717) is 48.5 Å². The van der Waals surface area contributed by atoms with E-state index in [0.717, 1.165) is 25.7 Å². The van der Waals surface area contributed by atoms with E-state index in [1.807, 2.05) is 32.9 Å². The van der Waals surface area contributed by atoms with E-state index in [9.17, 15) is 9.18 Å². The Morgan fingerprint density at radius 2 is 1.84 bits per heavy atom. The van der Waals surface area contributed by atoms with Crippen LogP contribution >= 0.6 is 0 Å². The quantitative estimate of drug-likeness (QED) is 0.538. The number of alkyl carbamates (subject to hydrolysis) is 1. The normalized spacial score (nSPS) is 25.1. The summed E-state index contributed by atoms with van der Waals surface area (Å²) in [4.78, 5) is 37.5. The largest absolute Gasteiger partial charge is 0.477 e. The fourth-order valence-corrected chi connectivity index (χ4v) is 5.12. The molecule has 0 unspecified atom stereocenters. The molecule has 4 aliphatic rings. The number of fused-ring (bicyclic) bond motifs is 4. The van der Waals surface area contributed by atoms with Gasteiger partial charge in [-0.25, -0.2) is 14.2 Å². The highest BCUT2D eigenvalue weighted by atomic mass is 19.1. The molecule has 9 nitrogen and oxygen atoms in total. The summed E-state index contributed by atoms with van der Waals surface area (Å²) in [6.45, 7) is 8.83. The van der Waals surface area contributed by atoms with Crippen LogP contribution in [0.25, 0.3) is 11.0 Å². The Kier molecular flexibility index (Phi) is 7.77. The maximum absolute atomic E-state index is 14.9. The van der Waals surface area contributed by atoms with Crippen molar-refractivity contribution in [1.82, 2.24) is 15.3 Å². The van der Waals surface area contributed by atoms with Gasteiger partial charge in [0.15, 0.2) is 0 Å². The molecule has 0 radical (unpaired) electrons. The third-order valence-corrected chi connectivity index (χ3v) is 7.78. The van der Waals surface area contributed by atoms with Crippen molar-refractivity contribution in [1.29, 1.82) is 0 Å². The lowest BCUT2D eigenvalue weighted by Crippen LogP contribution is -2.63. The minimum atomic E-state index is -0.541. The Bertz CT molecular complexity index is 1190. The second-order valence-corrected chi connectivity index (χ2v) is 12.2. The first kappa shape index (κ1) is 27.9. The first-order chi connectivity index (χ1) is 17.9. The molecule has 2 saturated heterocycles. The molecule has 0 atom stereocenters. The SMILES string of the molecule is CC1(COc2ccc3ncc(F)c(CCC45CCC(NC(=O)OC(C)(C)C)(CC4)CO5)c3n2)CC1.O=C=O. The van der Waals surface area contributed by atoms with E-state index < -0.39 is 11.7 Å². The van der Waals surface area contributed by atoms with Gasteiger partial charge in [0.05, 0.1) is 41.6 Å². The van der Waals surface area contributed by atoms with E-state index in [1.54, 1.807) is 0 Å². The molecule has 1 N–H and O–H groups in total. The highest BCUT2D eigenvalue weighted by Crippen LogP contribution is 2.47. The Balaban J connectivity index is 0.00000107. The number of carbonyl (C=O) groups excluding carboxylic acids is 3. The van der Waals surface area contributed by atoms with Crippen LogP contribution in [0.15, 0.2) is 18.3 Å². The average Bonchev–Trinajstić information content (AvgIpc) is 3.60. The Hall–Kier alpha value is -3.10. The van der Waals surface area contributed by atoms with Crippen LogP contribution in [0.5, 0.6) is 5.88 Å². The predicted octanol–water partition coefficient (Wildman–Crippen LogP) is 4.90. The standard InChI is InChI=1S/C27H36FN3O4.CO2/c1-24(2,3)35-23(32)31-26-11-13-27(14-12-26,34-17-26)8-7-18-19(28)15-29-20-5-6-21(30-22(18)20)33-16-25(4)9-10-25;2-1-3/h5-6,15H,7-14,16-17H2,1-4H3,(H,31,32);. The van der Waals surface area contributed by atoms with Crippen LogP contribution in [0, 0.1) is 11.2 Å². The topological polar surface area (TPSA) is 117 Å². The zero-order chi connectivity index (χ0) is 27.6. The van der Waals surface area contributed by atoms with Crippen molar-refractivity contribution in [3.63, 3.8) is 0 Å². The molecule has 2 aromatic rings. The summed E-state index contributed by atoms with van der Waals surface area (Å²) in [5.74, 6) is 0.169. The first-order valence-corrected chi connectivity index (χ1v) is 13.1. The fourth-order valence-electron chi connectivity index (χ4n) is 5.12. The summed E-state index contributed by atoms with van der Waals surface area (Å²) in [6.07, 6.45) is 7.92. The molecule has 206 valence electrons. The van der Waals surface area contributed by atoms with Gasteiger partial charge in [-0.2, -0.15) is 9.59 Å². The number of pyridine rings is 2. The molecule has 2 saturated carbocycles. The van der Waals surface area contributed by atoms with Gasteiger partial charge in [-0.1, -0.05) is 6.92 Å². The molecule has 2 aromatic heterocycles. The van der Waals surface area contributed by atoms with Crippen LogP contribution in [0.4, 0.5) is 9.18 Å². The van der Waals surface area contributed by atoms with E-state index in [4.69, 9.17) is 23.8 Å².